The molecule has 0 aliphatic carbocycles. The average Bonchev–Trinajstić information content (AvgIpc) is 2.47. The quantitative estimate of drug-likeness (QED) is 0.846. The van der Waals surface area contributed by atoms with Crippen molar-refractivity contribution in [2.24, 2.45) is 0 Å². The van der Waals surface area contributed by atoms with Crippen LogP contribution in [0.5, 0.6) is 0 Å². The van der Waals surface area contributed by atoms with Gasteiger partial charge in [0.05, 0.1) is 0 Å². The predicted molar refractivity (Wildman–Crippen MR) is 86.9 cm³/mol. The summed E-state index contributed by atoms with van der Waals surface area (Å²) in [5.74, 6) is 0. The van der Waals surface area contributed by atoms with E-state index < -0.39 is 0 Å². The first kappa shape index (κ1) is 13.6. The van der Waals surface area contributed by atoms with Crippen LogP contribution in [0.15, 0.2) is 54.6 Å². The van der Waals surface area contributed by atoms with E-state index >= 15 is 0 Å². The zero-order chi connectivity index (χ0) is 13.7. The molecule has 19 heavy (non-hydrogen) atoms. The Morgan fingerprint density at radius 1 is 1.11 bits per heavy atom. The van der Waals surface area contributed by atoms with Gasteiger partial charge in [0, 0.05) is 18.4 Å². The van der Waals surface area contributed by atoms with Gasteiger partial charge in [-0.3, -0.25) is 0 Å². The molecule has 0 aliphatic heterocycles. The average molecular weight is 270 g/mol. The standard InChI is InChI=1S/C16H18N2S/c1-3-13-8-7-9-14(12-13)17-16(19)18(2)15-10-5-4-6-11-15/h4-12H,3H2,1-2H3,(H,17,19). The Bertz CT molecular complexity index is 552. The topological polar surface area (TPSA) is 15.3 Å². The Hall–Kier alpha value is -1.87. The van der Waals surface area contributed by atoms with Crippen LogP contribution in [0.3, 0.4) is 0 Å². The third-order valence-electron chi connectivity index (χ3n) is 3.03. The number of nitrogens with zero attached hydrogens (tertiary/aromatic N) is 1. The summed E-state index contributed by atoms with van der Waals surface area (Å²) in [7, 11) is 1.97. The molecule has 0 fully saturated rings. The lowest BCUT2D eigenvalue weighted by molar-refractivity contribution is 1.14. The molecule has 2 aromatic carbocycles. The first-order valence-electron chi connectivity index (χ1n) is 6.39. The van der Waals surface area contributed by atoms with E-state index in [9.17, 15) is 0 Å². The van der Waals surface area contributed by atoms with Gasteiger partial charge in [-0.25, -0.2) is 0 Å². The molecule has 0 aliphatic rings. The fourth-order valence-corrected chi connectivity index (χ4v) is 2.07. The molecule has 0 spiro atoms. The molecule has 2 nitrogen and oxygen atoms in total. The lowest BCUT2D eigenvalue weighted by Crippen LogP contribution is -2.30. The second-order valence-electron chi connectivity index (χ2n) is 4.38. The van der Waals surface area contributed by atoms with Gasteiger partial charge < -0.3 is 10.2 Å². The highest BCUT2D eigenvalue weighted by Gasteiger charge is 2.06. The highest BCUT2D eigenvalue weighted by molar-refractivity contribution is 7.80. The van der Waals surface area contributed by atoms with Gasteiger partial charge in [-0.1, -0.05) is 37.3 Å². The number of benzene rings is 2. The maximum Gasteiger partial charge on any atom is 0.177 e. The number of para-hydroxylation sites is 1. The molecule has 0 saturated carbocycles. The van der Waals surface area contributed by atoms with Gasteiger partial charge in [-0.15, -0.1) is 0 Å². The van der Waals surface area contributed by atoms with E-state index in [1.807, 2.05) is 54.4 Å². The van der Waals surface area contributed by atoms with Crippen LogP contribution in [0.1, 0.15) is 12.5 Å². The first-order chi connectivity index (χ1) is 9.20. The van der Waals surface area contributed by atoms with Gasteiger partial charge in [0.1, 0.15) is 0 Å². The molecule has 2 aromatic rings. The summed E-state index contributed by atoms with van der Waals surface area (Å²) in [4.78, 5) is 1.97. The van der Waals surface area contributed by atoms with Crippen molar-refractivity contribution in [2.45, 2.75) is 13.3 Å². The minimum atomic E-state index is 0.694. The maximum absolute atomic E-state index is 5.44. The van der Waals surface area contributed by atoms with Crippen molar-refractivity contribution in [1.29, 1.82) is 0 Å². The van der Waals surface area contributed by atoms with Crippen LogP contribution in [0.25, 0.3) is 0 Å². The van der Waals surface area contributed by atoms with E-state index in [-0.39, 0.29) is 0 Å². The van der Waals surface area contributed by atoms with Gasteiger partial charge in [-0.05, 0) is 48.5 Å². The number of hydrogen-bond donors (Lipinski definition) is 1. The number of hydrogen-bond acceptors (Lipinski definition) is 1. The first-order valence-corrected chi connectivity index (χ1v) is 6.80. The molecule has 0 heterocycles. The molecule has 98 valence electrons. The second kappa shape index (κ2) is 6.34. The minimum Gasteiger partial charge on any atom is -0.332 e. The minimum absolute atomic E-state index is 0.694. The summed E-state index contributed by atoms with van der Waals surface area (Å²) in [6.45, 7) is 2.15. The number of rotatable bonds is 3. The van der Waals surface area contributed by atoms with Crippen molar-refractivity contribution in [1.82, 2.24) is 0 Å². The normalized spacial score (nSPS) is 10.0. The molecule has 3 heteroatoms. The van der Waals surface area contributed by atoms with Crippen molar-refractivity contribution < 1.29 is 0 Å². The van der Waals surface area contributed by atoms with Crippen LogP contribution in [-0.2, 0) is 6.42 Å². The Balaban J connectivity index is 2.08. The molecular weight excluding hydrogens is 252 g/mol. The van der Waals surface area contributed by atoms with Gasteiger partial charge in [0.2, 0.25) is 0 Å². The second-order valence-corrected chi connectivity index (χ2v) is 4.77. The largest absolute Gasteiger partial charge is 0.332 e. The summed E-state index contributed by atoms with van der Waals surface area (Å²) in [6.07, 6.45) is 1.02. The van der Waals surface area contributed by atoms with Crippen molar-refractivity contribution >= 4 is 28.7 Å². The molecule has 0 bridgehead atoms. The van der Waals surface area contributed by atoms with Gasteiger partial charge >= 0.3 is 0 Å². The molecule has 1 N–H and O–H groups in total. The Morgan fingerprint density at radius 3 is 2.53 bits per heavy atom. The summed E-state index contributed by atoms with van der Waals surface area (Å²) in [5.41, 5.74) is 3.41. The van der Waals surface area contributed by atoms with Crippen LogP contribution < -0.4 is 10.2 Å². The maximum atomic E-state index is 5.44. The molecule has 2 rings (SSSR count). The highest BCUT2D eigenvalue weighted by Crippen LogP contribution is 2.15. The van der Waals surface area contributed by atoms with Crippen LogP contribution in [0.2, 0.25) is 0 Å². The van der Waals surface area contributed by atoms with Crippen LogP contribution in [-0.4, -0.2) is 12.2 Å². The monoisotopic (exact) mass is 270 g/mol. The van der Waals surface area contributed by atoms with E-state index in [1.165, 1.54) is 5.56 Å². The van der Waals surface area contributed by atoms with Gasteiger partial charge in [0.25, 0.3) is 0 Å². The van der Waals surface area contributed by atoms with Crippen LogP contribution >= 0.6 is 12.2 Å². The number of anilines is 2. The van der Waals surface area contributed by atoms with Crippen molar-refractivity contribution in [2.75, 3.05) is 17.3 Å². The zero-order valence-corrected chi connectivity index (χ0v) is 12.1. The molecule has 0 unspecified atom stereocenters. The highest BCUT2D eigenvalue weighted by atomic mass is 32.1. The van der Waals surface area contributed by atoms with Crippen molar-refractivity contribution in [3.63, 3.8) is 0 Å². The third kappa shape index (κ3) is 3.55. The summed E-state index contributed by atoms with van der Waals surface area (Å²) in [5, 5.41) is 3.97. The molecule has 0 radical (unpaired) electrons. The lowest BCUT2D eigenvalue weighted by atomic mass is 10.1. The summed E-state index contributed by atoms with van der Waals surface area (Å²) in [6, 6.07) is 18.4. The molecular formula is C16H18N2S. The summed E-state index contributed by atoms with van der Waals surface area (Å²) < 4.78 is 0. The summed E-state index contributed by atoms with van der Waals surface area (Å²) >= 11 is 5.44. The Labute approximate surface area is 120 Å². The fraction of sp³-hybridized carbons (Fsp3) is 0.188. The van der Waals surface area contributed by atoms with E-state index in [0.29, 0.717) is 5.11 Å². The van der Waals surface area contributed by atoms with Crippen LogP contribution in [0, 0.1) is 0 Å². The predicted octanol–water partition coefficient (Wildman–Crippen LogP) is 4.08. The van der Waals surface area contributed by atoms with E-state index in [2.05, 4.69) is 24.4 Å². The fourth-order valence-electron chi connectivity index (χ4n) is 1.85. The molecule has 0 atom stereocenters. The Morgan fingerprint density at radius 2 is 1.84 bits per heavy atom. The van der Waals surface area contributed by atoms with E-state index in [0.717, 1.165) is 17.8 Å². The van der Waals surface area contributed by atoms with Gasteiger partial charge in [-0.2, -0.15) is 0 Å². The lowest BCUT2D eigenvalue weighted by Gasteiger charge is -2.21. The smallest absolute Gasteiger partial charge is 0.177 e. The number of nitrogens with one attached hydrogen (secondary N) is 1. The van der Waals surface area contributed by atoms with Gasteiger partial charge in [0.15, 0.2) is 5.11 Å². The Kier molecular flexibility index (Phi) is 4.53. The van der Waals surface area contributed by atoms with E-state index in [1.54, 1.807) is 0 Å². The SMILES string of the molecule is CCc1cccc(NC(=S)N(C)c2ccccc2)c1. The molecule has 0 amide bonds. The van der Waals surface area contributed by atoms with Crippen LogP contribution in [0.4, 0.5) is 11.4 Å². The van der Waals surface area contributed by atoms with Crippen molar-refractivity contribution in [3.8, 4) is 0 Å². The number of thiocarbonyl (C=S) groups is 1. The third-order valence-corrected chi connectivity index (χ3v) is 3.41. The number of aryl methyl sites for hydroxylation is 1. The van der Waals surface area contributed by atoms with E-state index in [4.69, 9.17) is 12.2 Å². The molecule has 0 saturated heterocycles. The van der Waals surface area contributed by atoms with Crippen molar-refractivity contribution in [3.05, 3.63) is 60.2 Å². The molecule has 0 aromatic heterocycles. The zero-order valence-electron chi connectivity index (χ0n) is 11.3.